The number of nitrogens with zero attached hydrogens (tertiary/aromatic N) is 2. The van der Waals surface area contributed by atoms with E-state index < -0.39 is 5.60 Å². The summed E-state index contributed by atoms with van der Waals surface area (Å²) in [4.78, 5) is 11.8. The van der Waals surface area contributed by atoms with Crippen LogP contribution in [-0.2, 0) is 16.1 Å². The van der Waals surface area contributed by atoms with Gasteiger partial charge < -0.3 is 14.2 Å². The molecule has 3 rings (SSSR count). The summed E-state index contributed by atoms with van der Waals surface area (Å²) in [5, 5.41) is 5.27. The van der Waals surface area contributed by atoms with Crippen molar-refractivity contribution in [1.29, 1.82) is 0 Å². The molecule has 0 saturated heterocycles. The predicted octanol–water partition coefficient (Wildman–Crippen LogP) is 5.09. The molecule has 0 atom stereocenters. The Morgan fingerprint density at radius 3 is 2.27 bits per heavy atom. The highest BCUT2D eigenvalue weighted by molar-refractivity contribution is 6.32. The van der Waals surface area contributed by atoms with Gasteiger partial charge in [0.1, 0.15) is 17.1 Å². The van der Waals surface area contributed by atoms with Crippen LogP contribution in [0.3, 0.4) is 0 Å². The van der Waals surface area contributed by atoms with Gasteiger partial charge in [-0.05, 0) is 51.1 Å². The highest BCUT2D eigenvalue weighted by Gasteiger charge is 2.25. The number of ether oxygens (including phenoxy) is 3. The molecule has 3 aromatic rings. The lowest BCUT2D eigenvalue weighted by Crippen LogP contribution is -2.32. The number of methoxy groups -OCH3 is 2. The summed E-state index contributed by atoms with van der Waals surface area (Å²) in [7, 11) is 3.21. The Kier molecular flexibility index (Phi) is 6.48. The van der Waals surface area contributed by atoms with E-state index >= 15 is 0 Å². The molecule has 30 heavy (non-hydrogen) atoms. The number of hydrogen-bond acceptors (Lipinski definition) is 5. The van der Waals surface area contributed by atoms with Crippen LogP contribution in [-0.4, -0.2) is 35.4 Å². The van der Waals surface area contributed by atoms with Gasteiger partial charge in [-0.15, -0.1) is 0 Å². The molecule has 158 valence electrons. The number of benzene rings is 2. The SMILES string of the molecule is COc1cc(OC)cc(-c2cc(COC(C)(C)C(C)=O)nn2-c2ccccc2Cl)c1. The van der Waals surface area contributed by atoms with Gasteiger partial charge in [0.2, 0.25) is 0 Å². The lowest BCUT2D eigenvalue weighted by Gasteiger charge is -2.21. The third kappa shape index (κ3) is 4.66. The maximum absolute atomic E-state index is 11.8. The quantitative estimate of drug-likeness (QED) is 0.499. The Labute approximate surface area is 181 Å². The molecule has 0 saturated carbocycles. The zero-order valence-electron chi connectivity index (χ0n) is 17.7. The summed E-state index contributed by atoms with van der Waals surface area (Å²) in [6.07, 6.45) is 0. The highest BCUT2D eigenvalue weighted by Crippen LogP contribution is 2.33. The average molecular weight is 429 g/mol. The molecule has 6 nitrogen and oxygen atoms in total. The molecule has 1 aromatic heterocycles. The van der Waals surface area contributed by atoms with E-state index in [1.54, 1.807) is 38.8 Å². The van der Waals surface area contributed by atoms with Crippen LogP contribution >= 0.6 is 11.6 Å². The first-order valence-electron chi connectivity index (χ1n) is 9.47. The van der Waals surface area contributed by atoms with Crippen molar-refractivity contribution in [2.75, 3.05) is 14.2 Å². The standard InChI is InChI=1S/C23H25ClN2O4/c1-15(27)23(2,3)30-14-17-12-22(16-10-18(28-4)13-19(11-16)29-5)26(25-17)21-9-7-6-8-20(21)24/h6-13H,14H2,1-5H3. The Morgan fingerprint density at radius 1 is 1.07 bits per heavy atom. The molecule has 0 aliphatic rings. The number of carbonyl (C=O) groups is 1. The molecule has 2 aromatic carbocycles. The molecular formula is C23H25ClN2O4. The molecule has 1 heterocycles. The third-order valence-corrected chi connectivity index (χ3v) is 5.24. The van der Waals surface area contributed by atoms with E-state index in [-0.39, 0.29) is 12.4 Å². The second-order valence-corrected chi connectivity index (χ2v) is 7.75. The van der Waals surface area contributed by atoms with Crippen molar-refractivity contribution in [1.82, 2.24) is 9.78 Å². The third-order valence-electron chi connectivity index (χ3n) is 4.92. The van der Waals surface area contributed by atoms with Crippen LogP contribution in [0.1, 0.15) is 26.5 Å². The van der Waals surface area contributed by atoms with Crippen LogP contribution in [0.4, 0.5) is 0 Å². The normalized spacial score (nSPS) is 11.4. The second kappa shape index (κ2) is 8.90. The van der Waals surface area contributed by atoms with Gasteiger partial charge in [-0.2, -0.15) is 5.10 Å². The number of hydrogen-bond donors (Lipinski definition) is 0. The number of carbonyl (C=O) groups excluding carboxylic acids is 1. The summed E-state index contributed by atoms with van der Waals surface area (Å²) in [6, 6.07) is 15.0. The molecule has 7 heteroatoms. The van der Waals surface area contributed by atoms with Crippen molar-refractivity contribution in [2.45, 2.75) is 33.0 Å². The number of ketones is 1. The Hall–Kier alpha value is -2.83. The monoisotopic (exact) mass is 428 g/mol. The second-order valence-electron chi connectivity index (χ2n) is 7.34. The van der Waals surface area contributed by atoms with Gasteiger partial charge in [-0.1, -0.05) is 23.7 Å². The number of para-hydroxylation sites is 1. The minimum absolute atomic E-state index is 0.0502. The van der Waals surface area contributed by atoms with Gasteiger partial charge >= 0.3 is 0 Å². The zero-order chi connectivity index (χ0) is 21.9. The number of rotatable bonds is 8. The minimum atomic E-state index is -0.895. The predicted molar refractivity (Wildman–Crippen MR) is 117 cm³/mol. The fourth-order valence-electron chi connectivity index (χ4n) is 2.82. The summed E-state index contributed by atoms with van der Waals surface area (Å²) in [5.74, 6) is 1.27. The minimum Gasteiger partial charge on any atom is -0.497 e. The topological polar surface area (TPSA) is 62.6 Å². The highest BCUT2D eigenvalue weighted by atomic mass is 35.5. The Morgan fingerprint density at radius 2 is 1.70 bits per heavy atom. The summed E-state index contributed by atoms with van der Waals surface area (Å²) in [6.45, 7) is 5.18. The first-order chi connectivity index (χ1) is 14.2. The molecule has 0 aliphatic carbocycles. The number of halogens is 1. The van der Waals surface area contributed by atoms with Crippen molar-refractivity contribution in [3.63, 3.8) is 0 Å². The molecule has 0 spiro atoms. The fraction of sp³-hybridized carbons (Fsp3) is 0.304. The van der Waals surface area contributed by atoms with Crippen LogP contribution in [0.5, 0.6) is 11.5 Å². The van der Waals surface area contributed by atoms with Crippen LogP contribution < -0.4 is 9.47 Å². The van der Waals surface area contributed by atoms with Crippen LogP contribution in [0.15, 0.2) is 48.5 Å². The first kappa shape index (κ1) is 21.9. The van der Waals surface area contributed by atoms with Crippen LogP contribution in [0, 0.1) is 0 Å². The molecule has 0 aliphatic heterocycles. The van der Waals surface area contributed by atoms with Gasteiger partial charge in [0, 0.05) is 11.6 Å². The van der Waals surface area contributed by atoms with Gasteiger partial charge in [0.25, 0.3) is 0 Å². The van der Waals surface area contributed by atoms with E-state index in [1.807, 2.05) is 42.5 Å². The molecule has 0 unspecified atom stereocenters. The van der Waals surface area contributed by atoms with Crippen molar-refractivity contribution < 1.29 is 19.0 Å². The van der Waals surface area contributed by atoms with Crippen molar-refractivity contribution in [3.05, 3.63) is 59.2 Å². The average Bonchev–Trinajstić information content (AvgIpc) is 3.16. The Balaban J connectivity index is 2.10. The first-order valence-corrected chi connectivity index (χ1v) is 9.85. The van der Waals surface area contributed by atoms with E-state index in [0.29, 0.717) is 22.2 Å². The lowest BCUT2D eigenvalue weighted by molar-refractivity contribution is -0.139. The van der Waals surface area contributed by atoms with E-state index in [4.69, 9.17) is 30.9 Å². The number of aromatic nitrogens is 2. The summed E-state index contributed by atoms with van der Waals surface area (Å²) in [5.41, 5.74) is 2.14. The molecule has 0 amide bonds. The lowest BCUT2D eigenvalue weighted by atomic mass is 10.1. The number of Topliss-reactive ketones (excluding diaryl/α,β-unsaturated/α-hetero) is 1. The fourth-order valence-corrected chi connectivity index (χ4v) is 3.04. The molecule has 0 N–H and O–H groups in total. The van der Waals surface area contributed by atoms with E-state index in [1.165, 1.54) is 6.92 Å². The molecule has 0 fully saturated rings. The van der Waals surface area contributed by atoms with E-state index in [9.17, 15) is 4.79 Å². The summed E-state index contributed by atoms with van der Waals surface area (Å²) >= 11 is 6.45. The van der Waals surface area contributed by atoms with Gasteiger partial charge in [0.05, 0.1) is 42.9 Å². The Bertz CT molecular complexity index is 1040. The van der Waals surface area contributed by atoms with E-state index in [2.05, 4.69) is 0 Å². The van der Waals surface area contributed by atoms with Gasteiger partial charge in [-0.3, -0.25) is 4.79 Å². The van der Waals surface area contributed by atoms with Crippen LogP contribution in [0.2, 0.25) is 5.02 Å². The largest absolute Gasteiger partial charge is 0.497 e. The zero-order valence-corrected chi connectivity index (χ0v) is 18.5. The molecular weight excluding hydrogens is 404 g/mol. The van der Waals surface area contributed by atoms with Gasteiger partial charge in [-0.25, -0.2) is 4.68 Å². The molecule has 0 radical (unpaired) electrons. The van der Waals surface area contributed by atoms with Crippen molar-refractivity contribution in [2.24, 2.45) is 0 Å². The van der Waals surface area contributed by atoms with Crippen LogP contribution in [0.25, 0.3) is 16.9 Å². The smallest absolute Gasteiger partial charge is 0.161 e. The maximum atomic E-state index is 11.8. The maximum Gasteiger partial charge on any atom is 0.161 e. The van der Waals surface area contributed by atoms with Crippen molar-refractivity contribution >= 4 is 17.4 Å². The van der Waals surface area contributed by atoms with E-state index in [0.717, 1.165) is 16.9 Å². The summed E-state index contributed by atoms with van der Waals surface area (Å²) < 4.78 is 18.4. The molecule has 0 bridgehead atoms. The van der Waals surface area contributed by atoms with Gasteiger partial charge in [0.15, 0.2) is 5.78 Å². The van der Waals surface area contributed by atoms with Crippen molar-refractivity contribution in [3.8, 4) is 28.4 Å².